The highest BCUT2D eigenvalue weighted by Gasteiger charge is 2.34. The molecule has 2 aromatic rings. The number of hydrogen-bond donors (Lipinski definition) is 2. The molecule has 2 N–H and O–H groups in total. The molecule has 8 nitrogen and oxygen atoms in total. The van der Waals surface area contributed by atoms with E-state index in [2.05, 4.69) is 15.3 Å². The van der Waals surface area contributed by atoms with E-state index in [1.54, 1.807) is 25.9 Å². The number of benzene rings is 1. The van der Waals surface area contributed by atoms with E-state index in [0.717, 1.165) is 6.07 Å². The van der Waals surface area contributed by atoms with Crippen molar-refractivity contribution in [1.82, 2.24) is 9.97 Å². The van der Waals surface area contributed by atoms with Crippen LogP contribution in [0.15, 0.2) is 23.0 Å². The van der Waals surface area contributed by atoms with Gasteiger partial charge >= 0.3 is 6.18 Å². The molecule has 2 heterocycles. The van der Waals surface area contributed by atoms with Crippen LogP contribution in [-0.2, 0) is 22.1 Å². The largest absolute Gasteiger partial charge is 0.418 e. The highest BCUT2D eigenvalue weighted by atomic mass is 19.4. The Morgan fingerprint density at radius 2 is 1.97 bits per heavy atom. The number of rotatable bonds is 6. The van der Waals surface area contributed by atoms with E-state index in [1.807, 2.05) is 4.90 Å². The minimum atomic E-state index is -4.62. The first-order valence-electron chi connectivity index (χ1n) is 10.2. The Morgan fingerprint density at radius 1 is 1.28 bits per heavy atom. The van der Waals surface area contributed by atoms with Gasteiger partial charge in [-0.25, -0.2) is 4.98 Å². The molecule has 11 heteroatoms. The zero-order valence-electron chi connectivity index (χ0n) is 18.2. The lowest BCUT2D eigenvalue weighted by molar-refractivity contribution is -0.136. The summed E-state index contributed by atoms with van der Waals surface area (Å²) < 4.78 is 45.7. The van der Waals surface area contributed by atoms with E-state index in [4.69, 9.17) is 4.74 Å². The van der Waals surface area contributed by atoms with Crippen molar-refractivity contribution in [1.29, 1.82) is 0 Å². The fourth-order valence-electron chi connectivity index (χ4n) is 3.42. The maximum Gasteiger partial charge on any atom is 0.418 e. The number of ether oxygens (including phenoxy) is 1. The Labute approximate surface area is 183 Å². The maximum absolute atomic E-state index is 13.5. The van der Waals surface area contributed by atoms with E-state index in [0.29, 0.717) is 49.2 Å². The van der Waals surface area contributed by atoms with Crippen molar-refractivity contribution in [2.45, 2.75) is 25.9 Å². The second-order valence-corrected chi connectivity index (χ2v) is 7.72. The predicted octanol–water partition coefficient (Wildman–Crippen LogP) is 2.57. The highest BCUT2D eigenvalue weighted by molar-refractivity contribution is 5.92. The van der Waals surface area contributed by atoms with Crippen LogP contribution >= 0.6 is 0 Å². The molecule has 32 heavy (non-hydrogen) atoms. The second-order valence-electron chi connectivity index (χ2n) is 7.72. The Morgan fingerprint density at radius 3 is 2.56 bits per heavy atom. The summed E-state index contributed by atoms with van der Waals surface area (Å²) in [5.41, 5.74) is -0.435. The SMILES string of the molecule is Cc1nc(N2CCOCC2)[nH]c(=O)c1CCC(=O)Nc1ccc(N(C)C)cc1C(F)(F)F. The molecule has 1 saturated heterocycles. The first-order chi connectivity index (χ1) is 15.1. The Kier molecular flexibility index (Phi) is 7.07. The lowest BCUT2D eigenvalue weighted by Gasteiger charge is -2.27. The molecule has 1 aliphatic heterocycles. The summed E-state index contributed by atoms with van der Waals surface area (Å²) in [4.78, 5) is 35.5. The average molecular weight is 453 g/mol. The maximum atomic E-state index is 13.5. The van der Waals surface area contributed by atoms with E-state index in [9.17, 15) is 22.8 Å². The molecule has 1 aromatic heterocycles. The zero-order chi connectivity index (χ0) is 23.5. The predicted molar refractivity (Wildman–Crippen MR) is 115 cm³/mol. The van der Waals surface area contributed by atoms with Crippen LogP contribution < -0.4 is 20.7 Å². The molecule has 1 aromatic carbocycles. The van der Waals surface area contributed by atoms with Crippen molar-refractivity contribution in [3.8, 4) is 0 Å². The molecule has 0 saturated carbocycles. The molecule has 1 fully saturated rings. The van der Waals surface area contributed by atoms with Crippen LogP contribution in [0.3, 0.4) is 0 Å². The molecule has 174 valence electrons. The number of H-pyrrole nitrogens is 1. The molecular weight excluding hydrogens is 427 g/mol. The Hall–Kier alpha value is -3.08. The number of aromatic nitrogens is 2. The number of anilines is 3. The van der Waals surface area contributed by atoms with E-state index in [1.165, 1.54) is 12.1 Å². The third-order valence-corrected chi connectivity index (χ3v) is 5.22. The molecule has 0 atom stereocenters. The molecule has 3 rings (SSSR count). The number of halogens is 3. The van der Waals surface area contributed by atoms with E-state index < -0.39 is 17.6 Å². The van der Waals surface area contributed by atoms with Crippen LogP contribution in [0.25, 0.3) is 0 Å². The lowest BCUT2D eigenvalue weighted by Crippen LogP contribution is -2.38. The Balaban J connectivity index is 1.71. The van der Waals surface area contributed by atoms with Gasteiger partial charge < -0.3 is 19.9 Å². The number of nitrogens with zero attached hydrogens (tertiary/aromatic N) is 3. The molecule has 0 aliphatic carbocycles. The second kappa shape index (κ2) is 9.60. The Bertz CT molecular complexity index is 1030. The smallest absolute Gasteiger partial charge is 0.378 e. The van der Waals surface area contributed by atoms with Crippen LogP contribution in [-0.4, -0.2) is 56.3 Å². The van der Waals surface area contributed by atoms with Gasteiger partial charge in [0.15, 0.2) is 0 Å². The summed E-state index contributed by atoms with van der Waals surface area (Å²) >= 11 is 0. The van der Waals surface area contributed by atoms with Crippen LogP contribution in [0.1, 0.15) is 23.2 Å². The standard InChI is InChI=1S/C21H26F3N5O3/c1-13-15(19(31)27-20(25-13)29-8-10-32-11-9-29)5-7-18(30)26-17-6-4-14(28(2)3)12-16(17)21(22,23)24/h4,6,12H,5,7-11H2,1-3H3,(H,26,30)(H,25,27,31). The summed E-state index contributed by atoms with van der Waals surface area (Å²) in [6.07, 6.45) is -4.72. The molecular formula is C21H26F3N5O3. The van der Waals surface area contributed by atoms with Gasteiger partial charge in [0.25, 0.3) is 5.56 Å². The average Bonchev–Trinajstić information content (AvgIpc) is 2.73. The fraction of sp³-hybridized carbons (Fsp3) is 0.476. The van der Waals surface area contributed by atoms with Gasteiger partial charge in [-0.2, -0.15) is 13.2 Å². The van der Waals surface area contributed by atoms with Gasteiger partial charge in [-0.3, -0.25) is 14.6 Å². The van der Waals surface area contributed by atoms with Crippen molar-refractivity contribution >= 4 is 23.2 Å². The quantitative estimate of drug-likeness (QED) is 0.699. The number of aromatic amines is 1. The normalized spacial score (nSPS) is 14.4. The molecule has 0 radical (unpaired) electrons. The molecule has 0 bridgehead atoms. The number of carbonyl (C=O) groups excluding carboxylic acids is 1. The summed E-state index contributed by atoms with van der Waals surface area (Å²) in [5.74, 6) is -0.177. The van der Waals surface area contributed by atoms with Crippen molar-refractivity contribution < 1.29 is 22.7 Å². The molecule has 0 spiro atoms. The number of hydrogen-bond acceptors (Lipinski definition) is 6. The summed E-state index contributed by atoms with van der Waals surface area (Å²) in [5, 5.41) is 2.32. The van der Waals surface area contributed by atoms with Gasteiger partial charge in [0, 0.05) is 50.6 Å². The van der Waals surface area contributed by atoms with Crippen LogP contribution in [0.4, 0.5) is 30.5 Å². The first kappa shape index (κ1) is 23.6. The molecule has 1 aliphatic rings. The van der Waals surface area contributed by atoms with Crippen LogP contribution in [0, 0.1) is 6.92 Å². The monoisotopic (exact) mass is 453 g/mol. The molecule has 0 unspecified atom stereocenters. The first-order valence-corrected chi connectivity index (χ1v) is 10.2. The number of morpholine rings is 1. The fourth-order valence-corrected chi connectivity index (χ4v) is 3.42. The number of aryl methyl sites for hydroxylation is 1. The topological polar surface area (TPSA) is 90.6 Å². The van der Waals surface area contributed by atoms with Crippen LogP contribution in [0.5, 0.6) is 0 Å². The number of nitrogens with one attached hydrogen (secondary N) is 2. The van der Waals surface area contributed by atoms with E-state index >= 15 is 0 Å². The minimum Gasteiger partial charge on any atom is -0.378 e. The number of amides is 1. The number of carbonyl (C=O) groups is 1. The van der Waals surface area contributed by atoms with Gasteiger partial charge in [-0.1, -0.05) is 0 Å². The van der Waals surface area contributed by atoms with Crippen LogP contribution in [0.2, 0.25) is 0 Å². The lowest BCUT2D eigenvalue weighted by atomic mass is 10.1. The van der Waals surface area contributed by atoms with Crippen molar-refractivity contribution in [2.24, 2.45) is 0 Å². The van der Waals surface area contributed by atoms with E-state index in [-0.39, 0.29) is 24.1 Å². The van der Waals surface area contributed by atoms with Gasteiger partial charge in [-0.15, -0.1) is 0 Å². The van der Waals surface area contributed by atoms with Gasteiger partial charge in [-0.05, 0) is 31.5 Å². The summed E-state index contributed by atoms with van der Waals surface area (Å²) in [6, 6.07) is 3.71. The van der Waals surface area contributed by atoms with Crippen molar-refractivity contribution in [3.05, 3.63) is 45.4 Å². The van der Waals surface area contributed by atoms with Crippen molar-refractivity contribution in [2.75, 3.05) is 55.5 Å². The third kappa shape index (κ3) is 5.58. The van der Waals surface area contributed by atoms with Gasteiger partial charge in [0.05, 0.1) is 24.5 Å². The van der Waals surface area contributed by atoms with Gasteiger partial charge in [0.1, 0.15) is 0 Å². The number of alkyl halides is 3. The third-order valence-electron chi connectivity index (χ3n) is 5.22. The highest BCUT2D eigenvalue weighted by Crippen LogP contribution is 2.37. The summed E-state index contributed by atoms with van der Waals surface area (Å²) in [7, 11) is 3.26. The van der Waals surface area contributed by atoms with Gasteiger partial charge in [0.2, 0.25) is 11.9 Å². The van der Waals surface area contributed by atoms with Crippen molar-refractivity contribution in [3.63, 3.8) is 0 Å². The molecule has 1 amide bonds. The zero-order valence-corrected chi connectivity index (χ0v) is 18.2. The summed E-state index contributed by atoms with van der Waals surface area (Å²) in [6.45, 7) is 3.98. The minimum absolute atomic E-state index is 0.0561.